The molecule has 1 fully saturated rings. The van der Waals surface area contributed by atoms with Crippen LogP contribution >= 0.6 is 0 Å². The molecular weight excluding hydrogens is 428 g/mol. The van der Waals surface area contributed by atoms with Crippen LogP contribution in [-0.2, 0) is 4.79 Å². The first-order valence-corrected chi connectivity index (χ1v) is 13.8. The molecule has 0 bridgehead atoms. The van der Waals surface area contributed by atoms with Crippen molar-refractivity contribution in [3.05, 3.63) is 58.2 Å². The van der Waals surface area contributed by atoms with Crippen LogP contribution in [-0.4, -0.2) is 48.9 Å². The van der Waals surface area contributed by atoms with E-state index in [0.29, 0.717) is 6.04 Å². The lowest BCUT2D eigenvalue weighted by Crippen LogP contribution is -2.47. The summed E-state index contributed by atoms with van der Waals surface area (Å²) < 4.78 is 0. The summed E-state index contributed by atoms with van der Waals surface area (Å²) in [4.78, 5) is 16.9. The van der Waals surface area contributed by atoms with Crippen molar-refractivity contribution in [1.82, 2.24) is 9.80 Å². The van der Waals surface area contributed by atoms with E-state index >= 15 is 0 Å². The van der Waals surface area contributed by atoms with Gasteiger partial charge in [0.05, 0.1) is 0 Å². The number of likely N-dealkylation sites (tertiary alicyclic amines) is 1. The fourth-order valence-corrected chi connectivity index (χ4v) is 4.48. The minimum absolute atomic E-state index is 0.188. The summed E-state index contributed by atoms with van der Waals surface area (Å²) in [5.74, 6) is 0.188. The van der Waals surface area contributed by atoms with Crippen LogP contribution in [0.25, 0.3) is 0 Å². The van der Waals surface area contributed by atoms with E-state index in [1.165, 1.54) is 40.7 Å². The van der Waals surface area contributed by atoms with Crippen LogP contribution < -0.4 is 0 Å². The Labute approximate surface area is 217 Å². The standard InChI is InChI=1S/C32H54N2O/c1-26(2)14-9-15-27(3)16-10-17-28(4)18-11-19-29(5)20-12-21-30(6)24-32(35)34-23-13-22-31(25-34)33(7)8/h14,16,18,20,24,31H,9-13,15,17,19,21-23,25H2,1-8H3. The summed E-state index contributed by atoms with van der Waals surface area (Å²) in [5.41, 5.74) is 7.05. The van der Waals surface area contributed by atoms with Gasteiger partial charge in [-0.25, -0.2) is 0 Å². The molecular formula is C32H54N2O. The molecule has 0 N–H and O–H groups in total. The summed E-state index contributed by atoms with van der Waals surface area (Å²) in [5, 5.41) is 0. The highest BCUT2D eigenvalue weighted by atomic mass is 16.2. The topological polar surface area (TPSA) is 23.6 Å². The number of hydrogen-bond acceptors (Lipinski definition) is 2. The molecule has 35 heavy (non-hydrogen) atoms. The first-order chi connectivity index (χ1) is 16.6. The van der Waals surface area contributed by atoms with Crippen LogP contribution in [0.15, 0.2) is 58.2 Å². The zero-order valence-corrected chi connectivity index (χ0v) is 24.3. The Morgan fingerprint density at radius 3 is 1.66 bits per heavy atom. The second kappa shape index (κ2) is 17.5. The molecule has 0 aliphatic carbocycles. The average molecular weight is 483 g/mol. The van der Waals surface area contributed by atoms with Crippen molar-refractivity contribution in [1.29, 1.82) is 0 Å². The second-order valence-corrected chi connectivity index (χ2v) is 11.1. The van der Waals surface area contributed by atoms with E-state index < -0.39 is 0 Å². The zero-order chi connectivity index (χ0) is 26.2. The molecule has 0 radical (unpaired) electrons. The highest BCUT2D eigenvalue weighted by molar-refractivity contribution is 5.88. The van der Waals surface area contributed by atoms with Crippen LogP contribution in [0, 0.1) is 0 Å². The molecule has 1 unspecified atom stereocenters. The van der Waals surface area contributed by atoms with Crippen LogP contribution in [0.4, 0.5) is 0 Å². The summed E-state index contributed by atoms with van der Waals surface area (Å²) >= 11 is 0. The highest BCUT2D eigenvalue weighted by Gasteiger charge is 2.23. The lowest BCUT2D eigenvalue weighted by atomic mass is 10.0. The lowest BCUT2D eigenvalue weighted by Gasteiger charge is -2.35. The van der Waals surface area contributed by atoms with Gasteiger partial charge in [-0.1, -0.05) is 52.2 Å². The van der Waals surface area contributed by atoms with E-state index in [4.69, 9.17) is 0 Å². The first-order valence-electron chi connectivity index (χ1n) is 13.8. The number of likely N-dealkylation sites (N-methyl/N-ethyl adjacent to an activating group) is 1. The molecule has 198 valence electrons. The summed E-state index contributed by atoms with van der Waals surface area (Å²) in [7, 11) is 4.22. The minimum atomic E-state index is 0.188. The van der Waals surface area contributed by atoms with Gasteiger partial charge in [0.1, 0.15) is 0 Å². The van der Waals surface area contributed by atoms with E-state index in [-0.39, 0.29) is 5.91 Å². The van der Waals surface area contributed by atoms with Gasteiger partial charge < -0.3 is 9.80 Å². The van der Waals surface area contributed by atoms with Gasteiger partial charge in [-0.05, 0) is 120 Å². The molecule has 1 aliphatic rings. The minimum Gasteiger partial charge on any atom is -0.338 e. The fourth-order valence-electron chi connectivity index (χ4n) is 4.48. The SMILES string of the molecule is CC(C)=CCCC(C)=CCCC(C)=CCCC(C)=CCCC(C)=CC(=O)N1CCCC(N(C)C)C1. The molecule has 3 nitrogen and oxygen atoms in total. The van der Waals surface area contributed by atoms with Crippen molar-refractivity contribution in [3.63, 3.8) is 0 Å². The third-order valence-electron chi connectivity index (χ3n) is 6.99. The van der Waals surface area contributed by atoms with Crippen LogP contribution in [0.5, 0.6) is 0 Å². The number of carbonyl (C=O) groups excluding carboxylic acids is 1. The van der Waals surface area contributed by atoms with E-state index in [1.807, 2.05) is 11.0 Å². The molecule has 1 rings (SSSR count). The Balaban J connectivity index is 2.31. The van der Waals surface area contributed by atoms with Crippen molar-refractivity contribution < 1.29 is 4.79 Å². The Morgan fingerprint density at radius 1 is 0.743 bits per heavy atom. The van der Waals surface area contributed by atoms with Crippen molar-refractivity contribution in [2.75, 3.05) is 27.2 Å². The Hall–Kier alpha value is -1.87. The predicted molar refractivity (Wildman–Crippen MR) is 155 cm³/mol. The van der Waals surface area contributed by atoms with Gasteiger partial charge in [0.25, 0.3) is 0 Å². The third-order valence-corrected chi connectivity index (χ3v) is 6.99. The normalized spacial score (nSPS) is 18.3. The van der Waals surface area contributed by atoms with Crippen molar-refractivity contribution in [2.24, 2.45) is 0 Å². The van der Waals surface area contributed by atoms with E-state index in [9.17, 15) is 4.79 Å². The van der Waals surface area contributed by atoms with Gasteiger partial charge in [0.2, 0.25) is 5.91 Å². The number of nitrogens with zero attached hydrogens (tertiary/aromatic N) is 2. The predicted octanol–water partition coefficient (Wildman–Crippen LogP) is 8.41. The molecule has 0 saturated carbocycles. The van der Waals surface area contributed by atoms with Gasteiger partial charge >= 0.3 is 0 Å². The molecule has 1 saturated heterocycles. The van der Waals surface area contributed by atoms with Crippen LogP contribution in [0.3, 0.4) is 0 Å². The van der Waals surface area contributed by atoms with Gasteiger partial charge in [-0.15, -0.1) is 0 Å². The van der Waals surface area contributed by atoms with Gasteiger partial charge in [-0.3, -0.25) is 4.79 Å². The zero-order valence-electron chi connectivity index (χ0n) is 24.3. The van der Waals surface area contributed by atoms with Crippen LogP contribution in [0.2, 0.25) is 0 Å². The van der Waals surface area contributed by atoms with Gasteiger partial charge in [0.15, 0.2) is 0 Å². The molecule has 0 aromatic carbocycles. The molecule has 0 spiro atoms. The molecule has 3 heteroatoms. The fraction of sp³-hybridized carbons (Fsp3) is 0.656. The number of rotatable bonds is 14. The molecule has 1 atom stereocenters. The number of piperidine rings is 1. The number of hydrogen-bond donors (Lipinski definition) is 0. The monoisotopic (exact) mass is 482 g/mol. The average Bonchev–Trinajstić information content (AvgIpc) is 2.78. The Morgan fingerprint density at radius 2 is 1.20 bits per heavy atom. The Bertz CT molecular complexity index is 790. The number of allylic oxidation sites excluding steroid dienone is 9. The van der Waals surface area contributed by atoms with Gasteiger partial charge in [0, 0.05) is 25.2 Å². The summed E-state index contributed by atoms with van der Waals surface area (Å²) in [6.07, 6.45) is 22.5. The maximum absolute atomic E-state index is 12.7. The smallest absolute Gasteiger partial charge is 0.246 e. The molecule has 0 aromatic heterocycles. The van der Waals surface area contributed by atoms with E-state index in [0.717, 1.165) is 64.5 Å². The molecule has 0 aromatic rings. The number of carbonyl (C=O) groups is 1. The molecule has 1 aliphatic heterocycles. The van der Waals surface area contributed by atoms with Gasteiger partial charge in [-0.2, -0.15) is 0 Å². The largest absolute Gasteiger partial charge is 0.338 e. The van der Waals surface area contributed by atoms with Crippen molar-refractivity contribution in [3.8, 4) is 0 Å². The molecule has 1 amide bonds. The van der Waals surface area contributed by atoms with Crippen molar-refractivity contribution in [2.45, 2.75) is 112 Å². The third kappa shape index (κ3) is 15.0. The van der Waals surface area contributed by atoms with E-state index in [2.05, 4.69) is 84.8 Å². The summed E-state index contributed by atoms with van der Waals surface area (Å²) in [6, 6.07) is 0.489. The maximum atomic E-state index is 12.7. The number of amides is 1. The molecule has 1 heterocycles. The second-order valence-electron chi connectivity index (χ2n) is 11.1. The van der Waals surface area contributed by atoms with Crippen LogP contribution in [0.1, 0.15) is 106 Å². The van der Waals surface area contributed by atoms with E-state index in [1.54, 1.807) is 0 Å². The Kier molecular flexibility index (Phi) is 15.6. The maximum Gasteiger partial charge on any atom is 0.246 e. The quantitative estimate of drug-likeness (QED) is 0.183. The lowest BCUT2D eigenvalue weighted by molar-refractivity contribution is -0.127. The van der Waals surface area contributed by atoms with Crippen molar-refractivity contribution >= 4 is 5.91 Å². The highest BCUT2D eigenvalue weighted by Crippen LogP contribution is 2.17. The first kappa shape index (κ1) is 31.2. The summed E-state index contributed by atoms with van der Waals surface area (Å²) in [6.45, 7) is 14.9.